The zero-order valence-corrected chi connectivity index (χ0v) is 28.2. The van der Waals surface area contributed by atoms with Gasteiger partial charge in [-0.1, -0.05) is 103 Å². The smallest absolute Gasteiger partial charge is 0.420 e. The van der Waals surface area contributed by atoms with E-state index in [9.17, 15) is 14.4 Å². The van der Waals surface area contributed by atoms with Gasteiger partial charge in [0.2, 0.25) is 0 Å². The molecule has 6 rings (SSSR count). The maximum atomic E-state index is 14.2. The normalized spacial score (nSPS) is 18.9. The van der Waals surface area contributed by atoms with E-state index >= 15 is 0 Å². The number of rotatable bonds is 11. The highest BCUT2D eigenvalue weighted by Gasteiger charge is 2.36. The van der Waals surface area contributed by atoms with Gasteiger partial charge in [-0.05, 0) is 59.6 Å². The SMILES string of the molecule is COC(=O)N(C(=O)[C@@H](N)C(c1ccccc1)c1ccccc1)c1ccccc1CC[C@@H]1CN[C@H](COC(=O)NC2CCc3ccccc32)CO1. The molecule has 260 valence electrons. The van der Waals surface area contributed by atoms with Gasteiger partial charge in [-0.15, -0.1) is 0 Å². The third kappa shape index (κ3) is 8.22. The molecular formula is C40H44N4O6. The Morgan fingerprint density at radius 1 is 0.920 bits per heavy atom. The Morgan fingerprint density at radius 2 is 1.58 bits per heavy atom. The van der Waals surface area contributed by atoms with Gasteiger partial charge in [-0.25, -0.2) is 14.5 Å². The number of carbonyl (C=O) groups is 3. The molecule has 10 nitrogen and oxygen atoms in total. The third-order valence-corrected chi connectivity index (χ3v) is 9.52. The highest BCUT2D eigenvalue weighted by Crippen LogP contribution is 2.32. The number of anilines is 1. The molecule has 10 heteroatoms. The van der Waals surface area contributed by atoms with E-state index in [1.165, 1.54) is 12.7 Å². The van der Waals surface area contributed by atoms with Crippen molar-refractivity contribution in [3.05, 3.63) is 137 Å². The van der Waals surface area contributed by atoms with Gasteiger partial charge < -0.3 is 30.6 Å². The number of nitrogens with zero attached hydrogens (tertiary/aromatic N) is 1. The van der Waals surface area contributed by atoms with Crippen LogP contribution >= 0.6 is 0 Å². The number of methoxy groups -OCH3 is 1. The highest BCUT2D eigenvalue weighted by molar-refractivity contribution is 6.15. The summed E-state index contributed by atoms with van der Waals surface area (Å²) in [4.78, 5) is 41.1. The number of carbonyl (C=O) groups excluding carboxylic acids is 3. The lowest BCUT2D eigenvalue weighted by Crippen LogP contribution is -2.50. The topological polar surface area (TPSA) is 132 Å². The predicted octanol–water partition coefficient (Wildman–Crippen LogP) is 5.65. The number of alkyl carbamates (subject to hydrolysis) is 1. The number of aryl methyl sites for hydroxylation is 2. The first-order valence-corrected chi connectivity index (χ1v) is 17.1. The van der Waals surface area contributed by atoms with E-state index in [4.69, 9.17) is 19.9 Å². The third-order valence-electron chi connectivity index (χ3n) is 9.52. The molecule has 50 heavy (non-hydrogen) atoms. The van der Waals surface area contributed by atoms with Crippen LogP contribution in [-0.2, 0) is 31.8 Å². The Bertz CT molecular complexity index is 1710. The molecule has 4 aromatic carbocycles. The molecule has 1 aliphatic heterocycles. The van der Waals surface area contributed by atoms with Crippen molar-refractivity contribution in [1.82, 2.24) is 10.6 Å². The number of hydrogen-bond donors (Lipinski definition) is 3. The van der Waals surface area contributed by atoms with Gasteiger partial charge >= 0.3 is 12.2 Å². The van der Waals surface area contributed by atoms with Crippen LogP contribution in [0, 0.1) is 0 Å². The highest BCUT2D eigenvalue weighted by atomic mass is 16.6. The summed E-state index contributed by atoms with van der Waals surface area (Å²) in [7, 11) is 1.25. The van der Waals surface area contributed by atoms with Gasteiger partial charge in [-0.2, -0.15) is 0 Å². The fourth-order valence-corrected chi connectivity index (χ4v) is 6.90. The lowest BCUT2D eigenvalue weighted by Gasteiger charge is -2.31. The summed E-state index contributed by atoms with van der Waals surface area (Å²) in [5.74, 6) is -1.06. The summed E-state index contributed by atoms with van der Waals surface area (Å²) in [5.41, 5.74) is 12.1. The largest absolute Gasteiger partial charge is 0.452 e. The fraction of sp³-hybridized carbons (Fsp3) is 0.325. The first-order chi connectivity index (χ1) is 24.4. The molecule has 0 saturated carbocycles. The van der Waals surface area contributed by atoms with Crippen molar-refractivity contribution in [2.45, 2.75) is 55.8 Å². The van der Waals surface area contributed by atoms with Crippen LogP contribution in [0.3, 0.4) is 0 Å². The molecule has 4 atom stereocenters. The van der Waals surface area contributed by atoms with Crippen LogP contribution in [0.15, 0.2) is 109 Å². The number of hydrogen-bond acceptors (Lipinski definition) is 8. The van der Waals surface area contributed by atoms with Crippen LogP contribution in [0.5, 0.6) is 0 Å². The average molecular weight is 677 g/mol. The second-order valence-electron chi connectivity index (χ2n) is 12.7. The van der Waals surface area contributed by atoms with Gasteiger partial charge in [0.05, 0.1) is 43.6 Å². The van der Waals surface area contributed by atoms with Crippen molar-refractivity contribution in [1.29, 1.82) is 0 Å². The number of nitrogens with two attached hydrogens (primary N) is 1. The number of morpholine rings is 1. The van der Waals surface area contributed by atoms with Crippen LogP contribution in [0.4, 0.5) is 15.3 Å². The van der Waals surface area contributed by atoms with Crippen LogP contribution < -0.4 is 21.3 Å². The zero-order valence-electron chi connectivity index (χ0n) is 28.2. The molecule has 1 unspecified atom stereocenters. The van der Waals surface area contributed by atoms with E-state index in [1.807, 2.05) is 84.9 Å². The summed E-state index contributed by atoms with van der Waals surface area (Å²) in [6.07, 6.45) is 1.61. The Hall–Kier alpha value is -5.03. The molecule has 0 radical (unpaired) electrons. The van der Waals surface area contributed by atoms with Crippen LogP contribution in [0.1, 0.15) is 52.6 Å². The minimum absolute atomic E-state index is 0.0307. The van der Waals surface area contributed by atoms with Gasteiger partial charge in [-0.3, -0.25) is 4.79 Å². The molecule has 1 aliphatic carbocycles. The predicted molar refractivity (Wildman–Crippen MR) is 191 cm³/mol. The number of imide groups is 1. The molecule has 3 amide bonds. The number of fused-ring (bicyclic) bond motifs is 1. The standard InChI is InChI=1S/C40H44N4O6/c1-48-40(47)44(38(45)37(41)36(29-14-4-2-5-15-29)30-16-6-3-7-17-30)35-19-11-9-13-28(35)20-22-32-24-42-31(25-49-32)26-50-39(46)43-34-23-21-27-12-8-10-18-33(27)34/h2-19,31-32,34,36-37,42H,20-26,41H2,1H3,(H,43,46)/t31-,32+,34?,37-/m0/s1. The summed E-state index contributed by atoms with van der Waals surface area (Å²) >= 11 is 0. The van der Waals surface area contributed by atoms with Crippen molar-refractivity contribution in [3.8, 4) is 0 Å². The van der Waals surface area contributed by atoms with E-state index < -0.39 is 30.1 Å². The van der Waals surface area contributed by atoms with Crippen molar-refractivity contribution >= 4 is 23.8 Å². The first kappa shape index (κ1) is 34.8. The Kier molecular flexibility index (Phi) is 11.5. The zero-order chi connectivity index (χ0) is 34.9. The lowest BCUT2D eigenvalue weighted by atomic mass is 9.84. The van der Waals surface area contributed by atoms with E-state index in [1.54, 1.807) is 12.1 Å². The maximum absolute atomic E-state index is 14.2. The summed E-state index contributed by atoms with van der Waals surface area (Å²) < 4.78 is 16.8. The van der Waals surface area contributed by atoms with Crippen molar-refractivity contribution in [2.75, 3.05) is 31.8 Å². The summed E-state index contributed by atoms with van der Waals surface area (Å²) in [6, 6.07) is 33.4. The molecular weight excluding hydrogens is 632 g/mol. The summed E-state index contributed by atoms with van der Waals surface area (Å²) in [5, 5.41) is 6.41. The average Bonchev–Trinajstić information content (AvgIpc) is 3.57. The molecule has 1 heterocycles. The first-order valence-electron chi connectivity index (χ1n) is 17.1. The second-order valence-corrected chi connectivity index (χ2v) is 12.7. The molecule has 0 spiro atoms. The molecule has 1 fully saturated rings. The van der Waals surface area contributed by atoms with Gasteiger partial charge in [0.25, 0.3) is 5.91 Å². The number of para-hydroxylation sites is 1. The number of ether oxygens (including phenoxy) is 3. The Balaban J connectivity index is 1.06. The van der Waals surface area contributed by atoms with Crippen LogP contribution in [0.2, 0.25) is 0 Å². The number of benzene rings is 4. The van der Waals surface area contributed by atoms with Crippen molar-refractivity contribution in [3.63, 3.8) is 0 Å². The van der Waals surface area contributed by atoms with E-state index in [0.717, 1.165) is 40.0 Å². The number of amides is 3. The van der Waals surface area contributed by atoms with E-state index in [2.05, 4.69) is 22.8 Å². The molecule has 4 N–H and O–H groups in total. The van der Waals surface area contributed by atoms with E-state index in [-0.39, 0.29) is 24.8 Å². The molecule has 1 saturated heterocycles. The van der Waals surface area contributed by atoms with Crippen molar-refractivity contribution < 1.29 is 28.6 Å². The summed E-state index contributed by atoms with van der Waals surface area (Å²) in [6.45, 7) is 1.14. The van der Waals surface area contributed by atoms with Gasteiger partial charge in [0, 0.05) is 12.5 Å². The molecule has 4 aromatic rings. The monoisotopic (exact) mass is 676 g/mol. The fourth-order valence-electron chi connectivity index (χ4n) is 6.90. The van der Waals surface area contributed by atoms with Crippen LogP contribution in [0.25, 0.3) is 0 Å². The lowest BCUT2D eigenvalue weighted by molar-refractivity contribution is -0.119. The Morgan fingerprint density at radius 3 is 2.26 bits per heavy atom. The van der Waals surface area contributed by atoms with Gasteiger partial charge in [0.15, 0.2) is 0 Å². The quantitative estimate of drug-likeness (QED) is 0.186. The number of nitrogens with one attached hydrogen (secondary N) is 2. The molecule has 2 aliphatic rings. The second kappa shape index (κ2) is 16.6. The van der Waals surface area contributed by atoms with Gasteiger partial charge in [0.1, 0.15) is 6.61 Å². The molecule has 0 aromatic heterocycles. The minimum Gasteiger partial charge on any atom is -0.452 e. The maximum Gasteiger partial charge on any atom is 0.420 e. The van der Waals surface area contributed by atoms with E-state index in [0.29, 0.717) is 31.7 Å². The van der Waals surface area contributed by atoms with Crippen molar-refractivity contribution in [2.24, 2.45) is 5.73 Å². The van der Waals surface area contributed by atoms with Crippen LogP contribution in [-0.4, -0.2) is 63.1 Å². The Labute approximate surface area is 292 Å². The minimum atomic E-state index is -1.08. The molecule has 0 bridgehead atoms.